The van der Waals surface area contributed by atoms with Crippen LogP contribution in [-0.2, 0) is 9.53 Å². The van der Waals surface area contributed by atoms with E-state index in [2.05, 4.69) is 10.9 Å². The molecule has 0 saturated carbocycles. The van der Waals surface area contributed by atoms with Crippen LogP contribution in [0.25, 0.3) is 0 Å². The van der Waals surface area contributed by atoms with E-state index in [0.29, 0.717) is 12.2 Å². The molecule has 0 aliphatic rings. The number of hydrogen-bond acceptors (Lipinski definition) is 4. The summed E-state index contributed by atoms with van der Waals surface area (Å²) in [5.74, 6) is -0.642. The fourth-order valence-corrected chi connectivity index (χ4v) is 1.53. The van der Waals surface area contributed by atoms with E-state index >= 15 is 0 Å². The molecular formula is C14H20N2O3. The van der Waals surface area contributed by atoms with Crippen molar-refractivity contribution >= 4 is 11.9 Å². The molecule has 0 aliphatic carbocycles. The Hall–Kier alpha value is -1.88. The van der Waals surface area contributed by atoms with Gasteiger partial charge in [-0.1, -0.05) is 32.0 Å². The Bertz CT molecular complexity index is 418. The molecule has 1 aromatic rings. The molecule has 0 radical (unpaired) electrons. The molecule has 5 heteroatoms. The molecule has 1 aromatic carbocycles. The molecule has 19 heavy (non-hydrogen) atoms. The fourth-order valence-electron chi connectivity index (χ4n) is 1.53. The lowest BCUT2D eigenvalue weighted by atomic mass is 10.1. The fraction of sp³-hybridized carbons (Fsp3) is 0.429. The number of rotatable bonds is 6. The maximum absolute atomic E-state index is 11.8. The molecule has 0 fully saturated rings. The van der Waals surface area contributed by atoms with Crippen LogP contribution in [0.4, 0.5) is 0 Å². The Labute approximate surface area is 113 Å². The van der Waals surface area contributed by atoms with Gasteiger partial charge >= 0.3 is 5.97 Å². The second-order valence-electron chi connectivity index (χ2n) is 4.44. The van der Waals surface area contributed by atoms with Gasteiger partial charge in [-0.15, -0.1) is 0 Å². The number of carbonyl (C=O) groups is 2. The van der Waals surface area contributed by atoms with Gasteiger partial charge < -0.3 is 4.74 Å². The maximum atomic E-state index is 11.8. The van der Waals surface area contributed by atoms with Crippen LogP contribution in [0.2, 0.25) is 0 Å². The maximum Gasteiger partial charge on any atom is 0.325 e. The molecule has 104 valence electrons. The lowest BCUT2D eigenvalue weighted by Gasteiger charge is -2.20. The minimum absolute atomic E-state index is 0.00937. The summed E-state index contributed by atoms with van der Waals surface area (Å²) >= 11 is 0. The molecule has 5 nitrogen and oxygen atoms in total. The summed E-state index contributed by atoms with van der Waals surface area (Å²) in [7, 11) is 0. The first-order chi connectivity index (χ1) is 9.06. The largest absolute Gasteiger partial charge is 0.465 e. The summed E-state index contributed by atoms with van der Waals surface area (Å²) in [6.07, 6.45) is 0. The van der Waals surface area contributed by atoms with E-state index in [1.54, 1.807) is 31.2 Å². The van der Waals surface area contributed by atoms with E-state index in [1.807, 2.05) is 19.9 Å². The molecule has 0 spiro atoms. The first kappa shape index (κ1) is 15.2. The number of ether oxygens (including phenoxy) is 1. The molecule has 0 unspecified atom stereocenters. The number of nitrogens with one attached hydrogen (secondary N) is 2. The highest BCUT2D eigenvalue weighted by molar-refractivity contribution is 5.94. The zero-order chi connectivity index (χ0) is 14.3. The van der Waals surface area contributed by atoms with Crippen molar-refractivity contribution in [1.29, 1.82) is 0 Å². The molecule has 1 atom stereocenters. The monoisotopic (exact) mass is 264 g/mol. The third kappa shape index (κ3) is 4.71. The van der Waals surface area contributed by atoms with Gasteiger partial charge in [-0.25, -0.2) is 5.43 Å². The van der Waals surface area contributed by atoms with E-state index in [0.717, 1.165) is 0 Å². The van der Waals surface area contributed by atoms with Gasteiger partial charge in [-0.05, 0) is 25.0 Å². The Morgan fingerprint density at radius 1 is 1.21 bits per heavy atom. The summed E-state index contributed by atoms with van der Waals surface area (Å²) in [6.45, 7) is 5.82. The van der Waals surface area contributed by atoms with Gasteiger partial charge in [-0.3, -0.25) is 15.0 Å². The average Bonchev–Trinajstić information content (AvgIpc) is 2.39. The minimum Gasteiger partial charge on any atom is -0.465 e. The lowest BCUT2D eigenvalue weighted by Crippen LogP contribution is -2.51. The van der Waals surface area contributed by atoms with Crippen LogP contribution in [-0.4, -0.2) is 24.5 Å². The van der Waals surface area contributed by atoms with E-state index < -0.39 is 6.04 Å². The van der Waals surface area contributed by atoms with E-state index in [-0.39, 0.29) is 17.8 Å². The summed E-state index contributed by atoms with van der Waals surface area (Å²) in [6, 6.07) is 8.23. The van der Waals surface area contributed by atoms with Crippen molar-refractivity contribution in [2.24, 2.45) is 5.92 Å². The highest BCUT2D eigenvalue weighted by Gasteiger charge is 2.23. The van der Waals surface area contributed by atoms with E-state index in [4.69, 9.17) is 4.74 Å². The Balaban J connectivity index is 2.57. The summed E-state index contributed by atoms with van der Waals surface area (Å²) < 4.78 is 4.95. The zero-order valence-corrected chi connectivity index (χ0v) is 11.5. The van der Waals surface area contributed by atoms with Gasteiger partial charge in [0.15, 0.2) is 0 Å². The van der Waals surface area contributed by atoms with Crippen LogP contribution in [0.15, 0.2) is 30.3 Å². The van der Waals surface area contributed by atoms with Crippen LogP contribution >= 0.6 is 0 Å². The molecule has 0 bridgehead atoms. The minimum atomic E-state index is -0.562. The van der Waals surface area contributed by atoms with Crippen LogP contribution < -0.4 is 10.9 Å². The zero-order valence-electron chi connectivity index (χ0n) is 11.5. The Morgan fingerprint density at radius 3 is 2.37 bits per heavy atom. The smallest absolute Gasteiger partial charge is 0.325 e. The van der Waals surface area contributed by atoms with Gasteiger partial charge in [0, 0.05) is 5.56 Å². The van der Waals surface area contributed by atoms with Crippen molar-refractivity contribution in [3.8, 4) is 0 Å². The van der Waals surface area contributed by atoms with Crippen molar-refractivity contribution in [3.05, 3.63) is 35.9 Å². The second-order valence-corrected chi connectivity index (χ2v) is 4.44. The van der Waals surface area contributed by atoms with Crippen molar-refractivity contribution in [2.45, 2.75) is 26.8 Å². The number of benzene rings is 1. The standard InChI is InChI=1S/C14H20N2O3/c1-4-19-14(18)12(10(2)3)15-16-13(17)11-8-6-5-7-9-11/h5-10,12,15H,4H2,1-3H3,(H,16,17)/t12-/m1/s1. The Morgan fingerprint density at radius 2 is 1.84 bits per heavy atom. The van der Waals surface area contributed by atoms with Crippen molar-refractivity contribution in [2.75, 3.05) is 6.61 Å². The SMILES string of the molecule is CCOC(=O)[C@H](NNC(=O)c1ccccc1)C(C)C. The highest BCUT2D eigenvalue weighted by atomic mass is 16.5. The third-order valence-electron chi connectivity index (χ3n) is 2.58. The van der Waals surface area contributed by atoms with E-state index in [1.165, 1.54) is 0 Å². The average molecular weight is 264 g/mol. The summed E-state index contributed by atoms with van der Waals surface area (Å²) in [5, 5.41) is 0. The highest BCUT2D eigenvalue weighted by Crippen LogP contribution is 2.03. The van der Waals surface area contributed by atoms with Crippen LogP contribution in [0.1, 0.15) is 31.1 Å². The normalized spacial score (nSPS) is 12.0. The van der Waals surface area contributed by atoms with Gasteiger partial charge in [0.05, 0.1) is 6.61 Å². The number of hydrogen-bond donors (Lipinski definition) is 2. The van der Waals surface area contributed by atoms with Gasteiger partial charge in [0.25, 0.3) is 5.91 Å². The molecule has 0 heterocycles. The second kappa shape index (κ2) is 7.53. The molecule has 1 amide bonds. The predicted octanol–water partition coefficient (Wildman–Crippen LogP) is 1.51. The molecule has 1 rings (SSSR count). The van der Waals surface area contributed by atoms with E-state index in [9.17, 15) is 9.59 Å². The molecular weight excluding hydrogens is 244 g/mol. The predicted molar refractivity (Wildman–Crippen MR) is 72.3 cm³/mol. The topological polar surface area (TPSA) is 67.4 Å². The van der Waals surface area contributed by atoms with Gasteiger partial charge in [0.2, 0.25) is 0 Å². The van der Waals surface area contributed by atoms with Crippen LogP contribution in [0, 0.1) is 5.92 Å². The molecule has 0 aromatic heterocycles. The molecule has 2 N–H and O–H groups in total. The number of carbonyl (C=O) groups excluding carboxylic acids is 2. The third-order valence-corrected chi connectivity index (χ3v) is 2.58. The Kier molecular flexibility index (Phi) is 6.02. The van der Waals surface area contributed by atoms with Crippen LogP contribution in [0.5, 0.6) is 0 Å². The number of esters is 1. The number of hydrazine groups is 1. The first-order valence-electron chi connectivity index (χ1n) is 6.33. The lowest BCUT2D eigenvalue weighted by molar-refractivity contribution is -0.147. The molecule has 0 saturated heterocycles. The van der Waals surface area contributed by atoms with Crippen molar-refractivity contribution in [3.63, 3.8) is 0 Å². The quantitative estimate of drug-likeness (QED) is 0.603. The van der Waals surface area contributed by atoms with Crippen molar-refractivity contribution in [1.82, 2.24) is 10.9 Å². The summed E-state index contributed by atoms with van der Waals surface area (Å²) in [4.78, 5) is 23.5. The first-order valence-corrected chi connectivity index (χ1v) is 6.33. The van der Waals surface area contributed by atoms with Crippen molar-refractivity contribution < 1.29 is 14.3 Å². The van der Waals surface area contributed by atoms with Gasteiger partial charge in [-0.2, -0.15) is 0 Å². The number of amides is 1. The molecule has 0 aliphatic heterocycles. The van der Waals surface area contributed by atoms with Crippen LogP contribution in [0.3, 0.4) is 0 Å². The van der Waals surface area contributed by atoms with Gasteiger partial charge in [0.1, 0.15) is 6.04 Å². The summed E-state index contributed by atoms with van der Waals surface area (Å²) in [5.41, 5.74) is 5.79.